The van der Waals surface area contributed by atoms with Crippen molar-refractivity contribution in [3.05, 3.63) is 64.3 Å². The molecule has 0 saturated carbocycles. The molecule has 9 heteroatoms. The van der Waals surface area contributed by atoms with Gasteiger partial charge in [-0.15, -0.1) is 4.80 Å². The Morgan fingerprint density at radius 3 is 2.52 bits per heavy atom. The van der Waals surface area contributed by atoms with Gasteiger partial charge in [-0.3, -0.25) is 14.6 Å². The summed E-state index contributed by atoms with van der Waals surface area (Å²) >= 11 is 6.27. The number of ketones is 2. The molecule has 1 unspecified atom stereocenters. The third-order valence-corrected chi connectivity index (χ3v) is 4.76. The van der Waals surface area contributed by atoms with E-state index in [0.717, 1.165) is 0 Å². The van der Waals surface area contributed by atoms with Crippen LogP contribution < -0.4 is 0 Å². The summed E-state index contributed by atoms with van der Waals surface area (Å²) in [6.07, 6.45) is 7.67. The van der Waals surface area contributed by atoms with Crippen LogP contribution in [0.2, 0.25) is 5.02 Å². The fourth-order valence-electron chi connectivity index (χ4n) is 3.08. The fourth-order valence-corrected chi connectivity index (χ4v) is 3.34. The molecule has 0 spiro atoms. The molecule has 3 rings (SSSR count). The second-order valence-corrected chi connectivity index (χ2v) is 6.96. The lowest BCUT2D eigenvalue weighted by Crippen LogP contribution is -2.14. The van der Waals surface area contributed by atoms with Gasteiger partial charge in [0.15, 0.2) is 11.6 Å². The van der Waals surface area contributed by atoms with Gasteiger partial charge in [-0.1, -0.05) is 11.6 Å². The molecule has 29 heavy (non-hydrogen) atoms. The molecule has 3 aromatic rings. The molecule has 150 valence electrons. The smallest absolute Gasteiger partial charge is 0.193 e. The summed E-state index contributed by atoms with van der Waals surface area (Å²) < 4.78 is 5.40. The Balaban J connectivity index is 1.80. The number of carbonyl (C=O) groups excluding carboxylic acids is 2. The molecule has 0 fully saturated rings. The number of hydrogen-bond acceptors (Lipinski definition) is 7. The van der Waals surface area contributed by atoms with Crippen molar-refractivity contribution in [1.29, 1.82) is 0 Å². The van der Waals surface area contributed by atoms with Gasteiger partial charge in [0.2, 0.25) is 0 Å². The largest absolute Gasteiger partial charge is 0.377 e. The van der Waals surface area contributed by atoms with Gasteiger partial charge in [0.25, 0.3) is 0 Å². The molecule has 8 nitrogen and oxygen atoms in total. The topological polar surface area (TPSA) is 99.9 Å². The Morgan fingerprint density at radius 1 is 1.17 bits per heavy atom. The van der Waals surface area contributed by atoms with E-state index in [-0.39, 0.29) is 30.5 Å². The molecule has 0 saturated heterocycles. The van der Waals surface area contributed by atoms with Crippen LogP contribution in [0.4, 0.5) is 0 Å². The summed E-state index contributed by atoms with van der Waals surface area (Å²) in [5, 5.41) is 8.34. The zero-order valence-corrected chi connectivity index (χ0v) is 17.1. The number of carbonyl (C=O) groups is 2. The van der Waals surface area contributed by atoms with Crippen molar-refractivity contribution in [2.24, 2.45) is 0 Å². The van der Waals surface area contributed by atoms with E-state index in [9.17, 15) is 9.59 Å². The zero-order chi connectivity index (χ0) is 21.0. The molecule has 0 aliphatic rings. The summed E-state index contributed by atoms with van der Waals surface area (Å²) in [7, 11) is 1.56. The minimum atomic E-state index is -0.336. The highest BCUT2D eigenvalue weighted by Gasteiger charge is 2.20. The fraction of sp³-hybridized carbons (Fsp3) is 0.300. The first-order chi connectivity index (χ1) is 13.9. The lowest BCUT2D eigenvalue weighted by molar-refractivity contribution is -0.117. The molecule has 0 radical (unpaired) electrons. The Kier molecular flexibility index (Phi) is 6.46. The van der Waals surface area contributed by atoms with Crippen LogP contribution in [0.3, 0.4) is 0 Å². The molecule has 0 aliphatic carbocycles. The quantitative estimate of drug-likeness (QED) is 0.523. The molecule has 1 atom stereocenters. The Morgan fingerprint density at radius 2 is 1.90 bits per heavy atom. The maximum Gasteiger partial charge on any atom is 0.193 e. The number of halogens is 1. The van der Waals surface area contributed by atoms with Gasteiger partial charge in [-0.2, -0.15) is 10.2 Å². The number of hydrogen-bond donors (Lipinski definition) is 0. The lowest BCUT2D eigenvalue weighted by Gasteiger charge is -2.17. The molecule has 0 bridgehead atoms. The molecule has 0 aromatic carbocycles. The van der Waals surface area contributed by atoms with Gasteiger partial charge in [-0.05, 0) is 36.6 Å². The first-order valence-electron chi connectivity index (χ1n) is 8.94. The predicted octanol–water partition coefficient (Wildman–Crippen LogP) is 2.98. The van der Waals surface area contributed by atoms with E-state index >= 15 is 0 Å². The van der Waals surface area contributed by atoms with E-state index in [0.29, 0.717) is 33.1 Å². The second-order valence-electron chi connectivity index (χ2n) is 6.55. The van der Waals surface area contributed by atoms with Crippen molar-refractivity contribution in [2.45, 2.75) is 32.8 Å². The van der Waals surface area contributed by atoms with Gasteiger partial charge in [0.1, 0.15) is 5.78 Å². The van der Waals surface area contributed by atoms with Gasteiger partial charge in [-0.25, -0.2) is 4.98 Å². The number of methoxy groups -OCH3 is 1. The third kappa shape index (κ3) is 4.72. The van der Waals surface area contributed by atoms with Crippen LogP contribution in [-0.2, 0) is 22.4 Å². The molecule has 0 aliphatic heterocycles. The standard InChI is InChI=1S/C20H20ClN5O3/c1-12(27)17-11-22-10-15(19(17)13(2)29-3)8-16(28)6-14-7-18(21)20(23-9-14)26-24-4-5-25-26/h4-5,7,9-11,13H,6,8H2,1-3H3. The predicted molar refractivity (Wildman–Crippen MR) is 106 cm³/mol. The lowest BCUT2D eigenvalue weighted by atomic mass is 9.93. The number of nitrogens with zero attached hydrogens (tertiary/aromatic N) is 5. The average molecular weight is 414 g/mol. The van der Waals surface area contributed by atoms with E-state index in [1.165, 1.54) is 30.3 Å². The van der Waals surface area contributed by atoms with Crippen LogP contribution in [0.5, 0.6) is 0 Å². The Hall–Kier alpha value is -2.97. The van der Waals surface area contributed by atoms with Crippen molar-refractivity contribution >= 4 is 23.2 Å². The first kappa shape index (κ1) is 20.8. The summed E-state index contributed by atoms with van der Waals surface area (Å²) in [4.78, 5) is 34.3. The van der Waals surface area contributed by atoms with Crippen molar-refractivity contribution in [2.75, 3.05) is 7.11 Å². The number of aromatic nitrogens is 5. The Bertz CT molecular complexity index is 1040. The van der Waals surface area contributed by atoms with E-state index in [4.69, 9.17) is 16.3 Å². The van der Waals surface area contributed by atoms with Crippen LogP contribution in [0, 0.1) is 0 Å². The van der Waals surface area contributed by atoms with Crippen molar-refractivity contribution in [1.82, 2.24) is 25.0 Å². The number of ether oxygens (including phenoxy) is 1. The van der Waals surface area contributed by atoms with E-state index < -0.39 is 0 Å². The van der Waals surface area contributed by atoms with E-state index in [1.807, 2.05) is 6.92 Å². The van der Waals surface area contributed by atoms with Gasteiger partial charge in [0.05, 0.1) is 23.5 Å². The number of Topliss-reactive ketones (excluding diaryl/α,β-unsaturated/α-hetero) is 2. The summed E-state index contributed by atoms with van der Waals surface area (Å²) in [6, 6.07) is 1.67. The van der Waals surface area contributed by atoms with Crippen molar-refractivity contribution in [3.8, 4) is 5.82 Å². The molecule has 3 aromatic heterocycles. The monoisotopic (exact) mass is 413 g/mol. The van der Waals surface area contributed by atoms with Crippen LogP contribution in [0.25, 0.3) is 5.82 Å². The van der Waals surface area contributed by atoms with E-state index in [1.54, 1.807) is 25.6 Å². The van der Waals surface area contributed by atoms with Gasteiger partial charge >= 0.3 is 0 Å². The summed E-state index contributed by atoms with van der Waals surface area (Å²) in [5.74, 6) is 0.215. The van der Waals surface area contributed by atoms with Crippen molar-refractivity contribution in [3.63, 3.8) is 0 Å². The molecular formula is C20H20ClN5O3. The molecule has 0 N–H and O–H groups in total. The highest BCUT2D eigenvalue weighted by molar-refractivity contribution is 6.32. The average Bonchev–Trinajstić information content (AvgIpc) is 3.21. The number of pyridine rings is 2. The normalized spacial score (nSPS) is 12.0. The van der Waals surface area contributed by atoms with Crippen molar-refractivity contribution < 1.29 is 14.3 Å². The second kappa shape index (κ2) is 9.02. The SMILES string of the molecule is COC(C)c1c(CC(=O)Cc2cnc(-n3nccn3)c(Cl)c2)cncc1C(C)=O. The molecular weight excluding hydrogens is 394 g/mol. The highest BCUT2D eigenvalue weighted by Crippen LogP contribution is 2.26. The molecule has 3 heterocycles. The summed E-state index contributed by atoms with van der Waals surface area (Å²) in [5.41, 5.74) is 2.51. The van der Waals surface area contributed by atoms with Crippen LogP contribution in [-0.4, -0.2) is 43.6 Å². The maximum absolute atomic E-state index is 12.7. The van der Waals surface area contributed by atoms with Gasteiger partial charge in [0, 0.05) is 44.1 Å². The summed E-state index contributed by atoms with van der Waals surface area (Å²) in [6.45, 7) is 3.31. The molecule has 0 amide bonds. The van der Waals surface area contributed by atoms with Gasteiger partial charge < -0.3 is 4.74 Å². The third-order valence-electron chi connectivity index (χ3n) is 4.48. The zero-order valence-electron chi connectivity index (χ0n) is 16.3. The minimum absolute atomic E-state index is 0.0557. The number of rotatable bonds is 8. The van der Waals surface area contributed by atoms with Crippen LogP contribution in [0.15, 0.2) is 37.1 Å². The minimum Gasteiger partial charge on any atom is -0.377 e. The Labute approximate surface area is 172 Å². The van der Waals surface area contributed by atoms with Crippen LogP contribution >= 0.6 is 11.6 Å². The van der Waals surface area contributed by atoms with E-state index in [2.05, 4.69) is 20.2 Å². The first-order valence-corrected chi connectivity index (χ1v) is 9.31. The highest BCUT2D eigenvalue weighted by atomic mass is 35.5. The maximum atomic E-state index is 12.7. The van der Waals surface area contributed by atoms with Crippen LogP contribution in [0.1, 0.15) is 47.0 Å².